The van der Waals surface area contributed by atoms with Gasteiger partial charge in [-0.25, -0.2) is 0 Å². The number of hydrogen-bond donors (Lipinski definition) is 1. The van der Waals surface area contributed by atoms with Gasteiger partial charge in [0.2, 0.25) is 5.91 Å². The second-order valence-corrected chi connectivity index (χ2v) is 8.65. The predicted molar refractivity (Wildman–Crippen MR) is 80.6 cm³/mol. The zero-order valence-corrected chi connectivity index (χ0v) is 15.4. The molecule has 0 aromatic rings. The van der Waals surface area contributed by atoms with Gasteiger partial charge >= 0.3 is 16.5 Å². The van der Waals surface area contributed by atoms with E-state index >= 15 is 0 Å². The van der Waals surface area contributed by atoms with Crippen LogP contribution < -0.4 is 0 Å². The average molecular weight is 284 g/mol. The lowest BCUT2D eigenvalue weighted by atomic mass is 9.89. The van der Waals surface area contributed by atoms with Gasteiger partial charge in [0.1, 0.15) is 6.61 Å². The van der Waals surface area contributed by atoms with Crippen LogP contribution in [0.2, 0.25) is 0 Å². The zero-order valence-electron chi connectivity index (χ0n) is 13.4. The maximum Gasteiger partial charge on any atom is 0.322 e. The summed E-state index contributed by atoms with van der Waals surface area (Å²) in [6.07, 6.45) is 1.09. The number of aliphatic hydroxyl groups excluding tert-OH is 1. The molecule has 5 heteroatoms. The van der Waals surface area contributed by atoms with E-state index in [1.54, 1.807) is 0 Å². The highest BCUT2D eigenvalue weighted by molar-refractivity contribution is 6.04. The Kier molecular flexibility index (Phi) is 5.48. The van der Waals surface area contributed by atoms with Crippen LogP contribution in [0.1, 0.15) is 41.0 Å². The first-order valence-corrected chi connectivity index (χ1v) is 8.07. The van der Waals surface area contributed by atoms with E-state index in [1.807, 2.05) is 4.90 Å². The largest absolute Gasteiger partial charge is 0.387 e. The third kappa shape index (κ3) is 4.75. The molecular weight excluding hydrogens is 255 g/mol. The van der Waals surface area contributed by atoms with Crippen LogP contribution in [0.5, 0.6) is 0 Å². The van der Waals surface area contributed by atoms with Crippen molar-refractivity contribution in [3.05, 3.63) is 0 Å². The first-order chi connectivity index (χ1) is 8.57. The molecule has 0 aliphatic carbocycles. The van der Waals surface area contributed by atoms with E-state index in [4.69, 9.17) is 5.11 Å². The van der Waals surface area contributed by atoms with Crippen molar-refractivity contribution in [1.29, 1.82) is 0 Å². The molecule has 1 unspecified atom stereocenters. The Morgan fingerprint density at radius 1 is 1.32 bits per heavy atom. The minimum atomic E-state index is -0.378. The van der Waals surface area contributed by atoms with Crippen molar-refractivity contribution in [2.24, 2.45) is 11.3 Å². The molecule has 1 heterocycles. The van der Waals surface area contributed by atoms with Gasteiger partial charge in [-0.2, -0.15) is 0 Å². The monoisotopic (exact) mass is 284 g/mol. The first kappa shape index (κ1) is 17.0. The summed E-state index contributed by atoms with van der Waals surface area (Å²) >= 11 is 1.04. The summed E-state index contributed by atoms with van der Waals surface area (Å²) in [6, 6.07) is 0. The lowest BCUT2D eigenvalue weighted by molar-refractivity contribution is -0.136. The van der Waals surface area contributed by atoms with Crippen LogP contribution in [0.15, 0.2) is 0 Å². The highest BCUT2D eigenvalue weighted by atomic mass is 27.1. The summed E-state index contributed by atoms with van der Waals surface area (Å²) in [5.74, 6) is 0.315. The molecule has 0 aromatic heterocycles. The number of carbonyl (C=O) groups excluding carboxylic acids is 1. The summed E-state index contributed by atoms with van der Waals surface area (Å²) in [7, 11) is 0. The molecule has 4 nitrogen and oxygen atoms in total. The van der Waals surface area contributed by atoms with E-state index in [9.17, 15) is 4.79 Å². The fourth-order valence-electron chi connectivity index (χ4n) is 3.23. The molecule has 1 aliphatic rings. The maximum atomic E-state index is 11.9. The Morgan fingerprint density at radius 2 is 1.89 bits per heavy atom. The summed E-state index contributed by atoms with van der Waals surface area (Å²) in [5, 5.41) is 9.14. The lowest BCUT2D eigenvalue weighted by Crippen LogP contribution is -2.48. The molecule has 1 fully saturated rings. The minimum absolute atomic E-state index is 0.0634. The third-order valence-electron chi connectivity index (χ3n) is 4.19. The highest BCUT2D eigenvalue weighted by Gasteiger charge is 2.34. The van der Waals surface area contributed by atoms with Crippen molar-refractivity contribution in [1.82, 2.24) is 8.78 Å². The molecule has 1 saturated heterocycles. The van der Waals surface area contributed by atoms with Gasteiger partial charge in [-0.1, -0.05) is 20.8 Å². The van der Waals surface area contributed by atoms with E-state index in [0.29, 0.717) is 5.92 Å². The van der Waals surface area contributed by atoms with Crippen LogP contribution in [0.25, 0.3) is 0 Å². The van der Waals surface area contributed by atoms with Gasteiger partial charge < -0.3 is 13.9 Å². The Balaban J connectivity index is 2.98. The number of aliphatic hydroxyl groups is 1. The molecule has 0 bridgehead atoms. The van der Waals surface area contributed by atoms with Crippen molar-refractivity contribution in [2.45, 2.75) is 46.6 Å². The summed E-state index contributed by atoms with van der Waals surface area (Å²) in [5.41, 5.74) is 0.259. The van der Waals surface area contributed by atoms with Crippen molar-refractivity contribution in [2.75, 3.05) is 26.2 Å². The minimum Gasteiger partial charge on any atom is -0.387 e. The number of carbonyl (C=O) groups is 1. The van der Waals surface area contributed by atoms with Crippen LogP contribution in [-0.4, -0.2) is 68.1 Å². The number of amides is 1. The fraction of sp³-hybridized carbons (Fsp3) is 0.929. The molecular formula is C14H29AlN2O2. The van der Waals surface area contributed by atoms with E-state index in [1.165, 1.54) is 0 Å². The van der Waals surface area contributed by atoms with Gasteiger partial charge in [0, 0.05) is 13.1 Å². The van der Waals surface area contributed by atoms with Crippen molar-refractivity contribution >= 4 is 22.4 Å². The van der Waals surface area contributed by atoms with Gasteiger partial charge in [0.25, 0.3) is 0 Å². The Hall–Kier alpha value is -0.0775. The van der Waals surface area contributed by atoms with Crippen molar-refractivity contribution < 1.29 is 9.90 Å². The second-order valence-electron chi connectivity index (χ2n) is 7.57. The van der Waals surface area contributed by atoms with Gasteiger partial charge in [-0.3, -0.25) is 4.79 Å². The SMILES string of the molecule is CC1CN(C(=O)CO)CC(C)(C)C[N]([AlH2])C(C)(C)C1. The van der Waals surface area contributed by atoms with Crippen LogP contribution in [0.3, 0.4) is 0 Å². The Labute approximate surface area is 125 Å². The lowest BCUT2D eigenvalue weighted by Gasteiger charge is -2.42. The fourth-order valence-corrected chi connectivity index (χ4v) is 4.27. The molecule has 110 valence electrons. The van der Waals surface area contributed by atoms with Gasteiger partial charge in [-0.05, 0) is 43.7 Å². The molecule has 0 spiro atoms. The maximum absolute atomic E-state index is 11.9. The van der Waals surface area contributed by atoms with E-state index in [2.05, 4.69) is 38.5 Å². The average Bonchev–Trinajstić information content (AvgIpc) is 2.26. The Morgan fingerprint density at radius 3 is 2.42 bits per heavy atom. The molecule has 0 radical (unpaired) electrons. The van der Waals surface area contributed by atoms with E-state index < -0.39 is 0 Å². The molecule has 1 rings (SSSR count). The zero-order chi connectivity index (χ0) is 14.8. The highest BCUT2D eigenvalue weighted by Crippen LogP contribution is 2.30. The quantitative estimate of drug-likeness (QED) is 0.713. The molecule has 1 atom stereocenters. The molecule has 0 aromatic carbocycles. The van der Waals surface area contributed by atoms with Gasteiger partial charge in [0.05, 0.1) is 0 Å². The van der Waals surface area contributed by atoms with Crippen LogP contribution >= 0.6 is 0 Å². The summed E-state index contributed by atoms with van der Waals surface area (Å²) in [6.45, 7) is 13.3. The van der Waals surface area contributed by atoms with Crippen molar-refractivity contribution in [3.63, 3.8) is 0 Å². The second kappa shape index (κ2) is 6.14. The normalized spacial score (nSPS) is 28.3. The van der Waals surface area contributed by atoms with Crippen LogP contribution in [0.4, 0.5) is 0 Å². The number of nitrogens with zero attached hydrogens (tertiary/aromatic N) is 2. The van der Waals surface area contributed by atoms with Crippen molar-refractivity contribution in [3.8, 4) is 0 Å². The van der Waals surface area contributed by atoms with Gasteiger partial charge in [0.15, 0.2) is 0 Å². The molecule has 1 amide bonds. The first-order valence-electron chi connectivity index (χ1n) is 7.17. The smallest absolute Gasteiger partial charge is 0.322 e. The predicted octanol–water partition coefficient (Wildman–Crippen LogP) is 0.502. The summed E-state index contributed by atoms with van der Waals surface area (Å²) < 4.78 is 2.54. The molecule has 1 aliphatic heterocycles. The molecule has 1 N–H and O–H groups in total. The van der Waals surface area contributed by atoms with Crippen LogP contribution in [0, 0.1) is 11.3 Å². The topological polar surface area (TPSA) is 43.8 Å². The summed E-state index contributed by atoms with van der Waals surface area (Å²) in [4.78, 5) is 13.7. The van der Waals surface area contributed by atoms with Gasteiger partial charge in [-0.15, -0.1) is 0 Å². The number of hydrogen-bond acceptors (Lipinski definition) is 3. The molecule has 19 heavy (non-hydrogen) atoms. The van der Waals surface area contributed by atoms with Crippen LogP contribution in [-0.2, 0) is 4.79 Å². The Bertz CT molecular complexity index is 331. The van der Waals surface area contributed by atoms with E-state index in [0.717, 1.165) is 42.6 Å². The third-order valence-corrected chi connectivity index (χ3v) is 5.71. The van der Waals surface area contributed by atoms with E-state index in [-0.39, 0.29) is 23.5 Å². The number of rotatable bonds is 1. The standard InChI is InChI=1S/C14H27N2O2.Al.2H/c1-11-6-14(4,5)15-9-13(2,3)10-16(7-11)12(18)8-17;;;/h11,17H,6-10H2,1-5H3;;;/q-1;+1;;. The molecule has 0 saturated carbocycles.